The highest BCUT2D eigenvalue weighted by molar-refractivity contribution is 14.1. The quantitative estimate of drug-likeness (QED) is 0.660. The van der Waals surface area contributed by atoms with E-state index in [1.54, 1.807) is 0 Å². The van der Waals surface area contributed by atoms with Gasteiger partial charge in [0.05, 0.1) is 6.61 Å². The molecule has 0 radical (unpaired) electrons. The van der Waals surface area contributed by atoms with Gasteiger partial charge in [0.2, 0.25) is 0 Å². The summed E-state index contributed by atoms with van der Waals surface area (Å²) in [6.45, 7) is 3.13. The number of hydrogen-bond acceptors (Lipinski definition) is 1. The van der Waals surface area contributed by atoms with Gasteiger partial charge in [-0.25, -0.2) is 0 Å². The molecule has 0 aromatic heterocycles. The lowest BCUT2D eigenvalue weighted by atomic mass is 9.95. The van der Waals surface area contributed by atoms with E-state index in [1.807, 2.05) is 0 Å². The average molecular weight is 274 g/mol. The van der Waals surface area contributed by atoms with Gasteiger partial charge in [0.15, 0.2) is 0 Å². The molecule has 0 bridgehead atoms. The van der Waals surface area contributed by atoms with Crippen molar-refractivity contribution in [2.24, 2.45) is 0 Å². The molecule has 0 N–H and O–H groups in total. The van der Waals surface area contributed by atoms with Crippen molar-refractivity contribution in [2.75, 3.05) is 6.61 Å². The third kappa shape index (κ3) is 1.44. The van der Waals surface area contributed by atoms with Crippen molar-refractivity contribution in [1.82, 2.24) is 0 Å². The number of ether oxygens (including phenoxy) is 1. The molecular formula is C10H11IO. The Morgan fingerprint density at radius 3 is 3.17 bits per heavy atom. The zero-order chi connectivity index (χ0) is 8.55. The lowest BCUT2D eigenvalue weighted by Crippen LogP contribution is -2.11. The van der Waals surface area contributed by atoms with E-state index in [0.29, 0.717) is 5.92 Å². The van der Waals surface area contributed by atoms with Crippen LogP contribution >= 0.6 is 22.6 Å². The molecule has 64 valence electrons. The molecule has 1 aromatic carbocycles. The lowest BCUT2D eigenvalue weighted by molar-refractivity contribution is 0.272. The van der Waals surface area contributed by atoms with Crippen LogP contribution in [0.5, 0.6) is 5.75 Å². The van der Waals surface area contributed by atoms with E-state index in [9.17, 15) is 0 Å². The van der Waals surface area contributed by atoms with Crippen LogP contribution in [0.2, 0.25) is 0 Å². The van der Waals surface area contributed by atoms with Crippen molar-refractivity contribution < 1.29 is 4.74 Å². The number of hydrogen-bond donors (Lipinski definition) is 0. The van der Waals surface area contributed by atoms with Crippen molar-refractivity contribution in [3.8, 4) is 5.75 Å². The molecule has 1 aromatic rings. The molecule has 0 saturated heterocycles. The summed E-state index contributed by atoms with van der Waals surface area (Å²) in [4.78, 5) is 0. The van der Waals surface area contributed by atoms with Crippen molar-refractivity contribution in [1.29, 1.82) is 0 Å². The minimum atomic E-state index is 0.658. The summed E-state index contributed by atoms with van der Waals surface area (Å²) >= 11 is 2.31. The van der Waals surface area contributed by atoms with E-state index in [4.69, 9.17) is 4.74 Å². The Morgan fingerprint density at radius 2 is 2.33 bits per heavy atom. The summed E-state index contributed by atoms with van der Waals surface area (Å²) < 4.78 is 6.82. The maximum Gasteiger partial charge on any atom is 0.123 e. The zero-order valence-corrected chi connectivity index (χ0v) is 9.17. The number of fused-ring (bicyclic) bond motifs is 1. The molecule has 0 amide bonds. The van der Waals surface area contributed by atoms with Gasteiger partial charge >= 0.3 is 0 Å². The molecule has 0 spiro atoms. The van der Waals surface area contributed by atoms with Gasteiger partial charge in [-0.1, -0.05) is 13.0 Å². The predicted molar refractivity (Wildman–Crippen MR) is 57.7 cm³/mol. The van der Waals surface area contributed by atoms with E-state index in [1.165, 1.54) is 9.13 Å². The summed E-state index contributed by atoms with van der Waals surface area (Å²) in [5, 5.41) is 0. The summed E-state index contributed by atoms with van der Waals surface area (Å²) in [6.07, 6.45) is 1.15. The second-order valence-corrected chi connectivity index (χ2v) is 4.47. The van der Waals surface area contributed by atoms with Gasteiger partial charge in [-0.3, -0.25) is 0 Å². The minimum absolute atomic E-state index is 0.658. The van der Waals surface area contributed by atoms with E-state index >= 15 is 0 Å². The third-order valence-electron chi connectivity index (χ3n) is 2.31. The molecule has 1 nitrogen and oxygen atoms in total. The minimum Gasteiger partial charge on any atom is -0.493 e. The van der Waals surface area contributed by atoms with E-state index < -0.39 is 0 Å². The van der Waals surface area contributed by atoms with Crippen LogP contribution in [0.25, 0.3) is 0 Å². The highest BCUT2D eigenvalue weighted by atomic mass is 127. The Morgan fingerprint density at radius 1 is 1.50 bits per heavy atom. The Balaban J connectivity index is 2.46. The van der Waals surface area contributed by atoms with Crippen LogP contribution in [-0.2, 0) is 0 Å². The molecule has 1 unspecified atom stereocenters. The topological polar surface area (TPSA) is 9.23 Å². The van der Waals surface area contributed by atoms with E-state index in [-0.39, 0.29) is 0 Å². The Labute approximate surface area is 86.3 Å². The van der Waals surface area contributed by atoms with Crippen molar-refractivity contribution in [2.45, 2.75) is 19.3 Å². The highest BCUT2D eigenvalue weighted by Crippen LogP contribution is 2.33. The van der Waals surface area contributed by atoms with Gasteiger partial charge in [-0.15, -0.1) is 0 Å². The average Bonchev–Trinajstić information content (AvgIpc) is 2.04. The SMILES string of the molecule is CC1CCOc2cc(I)ccc21. The van der Waals surface area contributed by atoms with Crippen molar-refractivity contribution in [3.05, 3.63) is 27.3 Å². The third-order valence-corrected chi connectivity index (χ3v) is 2.99. The van der Waals surface area contributed by atoms with Gasteiger partial charge in [-0.05, 0) is 52.6 Å². The summed E-state index contributed by atoms with van der Waals surface area (Å²) in [5.41, 5.74) is 1.36. The fourth-order valence-corrected chi connectivity index (χ4v) is 2.00. The molecular weight excluding hydrogens is 263 g/mol. The van der Waals surface area contributed by atoms with Crippen LogP contribution in [0.3, 0.4) is 0 Å². The molecule has 2 heteroatoms. The van der Waals surface area contributed by atoms with Crippen molar-refractivity contribution in [3.63, 3.8) is 0 Å². The second-order valence-electron chi connectivity index (χ2n) is 3.22. The van der Waals surface area contributed by atoms with Crippen LogP contribution in [0.4, 0.5) is 0 Å². The first-order valence-electron chi connectivity index (χ1n) is 4.19. The smallest absolute Gasteiger partial charge is 0.123 e. The number of halogens is 1. The molecule has 2 rings (SSSR count). The number of rotatable bonds is 0. The fourth-order valence-electron chi connectivity index (χ4n) is 1.54. The molecule has 0 saturated carbocycles. The maximum atomic E-state index is 5.57. The second kappa shape index (κ2) is 3.24. The molecule has 0 fully saturated rings. The number of benzene rings is 1. The van der Waals surface area contributed by atoms with Gasteiger partial charge in [0, 0.05) is 3.57 Å². The molecule has 1 aliphatic heterocycles. The van der Waals surface area contributed by atoms with Crippen molar-refractivity contribution >= 4 is 22.6 Å². The van der Waals surface area contributed by atoms with Crippen LogP contribution in [0, 0.1) is 3.57 Å². The Hall–Kier alpha value is -0.250. The molecule has 1 atom stereocenters. The standard InChI is InChI=1S/C10H11IO/c1-7-4-5-12-10-6-8(11)2-3-9(7)10/h2-3,6-7H,4-5H2,1H3. The predicted octanol–water partition coefficient (Wildman–Crippen LogP) is 3.18. The van der Waals surface area contributed by atoms with Crippen LogP contribution in [0.1, 0.15) is 24.8 Å². The van der Waals surface area contributed by atoms with Crippen LogP contribution in [-0.4, -0.2) is 6.61 Å². The van der Waals surface area contributed by atoms with E-state index in [0.717, 1.165) is 18.8 Å². The first-order valence-corrected chi connectivity index (χ1v) is 5.27. The monoisotopic (exact) mass is 274 g/mol. The maximum absolute atomic E-state index is 5.57. The first-order chi connectivity index (χ1) is 5.77. The summed E-state index contributed by atoms with van der Waals surface area (Å²) in [6, 6.07) is 6.44. The van der Waals surface area contributed by atoms with Gasteiger partial charge in [-0.2, -0.15) is 0 Å². The molecule has 0 aliphatic carbocycles. The van der Waals surface area contributed by atoms with Gasteiger partial charge < -0.3 is 4.74 Å². The molecule has 1 heterocycles. The van der Waals surface area contributed by atoms with Gasteiger partial charge in [0.25, 0.3) is 0 Å². The largest absolute Gasteiger partial charge is 0.493 e. The molecule has 1 aliphatic rings. The Bertz CT molecular complexity index is 296. The first kappa shape index (κ1) is 8.35. The molecule has 12 heavy (non-hydrogen) atoms. The fraction of sp³-hybridized carbons (Fsp3) is 0.400. The summed E-state index contributed by atoms with van der Waals surface area (Å²) in [7, 11) is 0. The summed E-state index contributed by atoms with van der Waals surface area (Å²) in [5.74, 6) is 1.74. The van der Waals surface area contributed by atoms with Gasteiger partial charge in [0.1, 0.15) is 5.75 Å². The normalized spacial score (nSPS) is 21.3. The highest BCUT2D eigenvalue weighted by Gasteiger charge is 2.16. The lowest BCUT2D eigenvalue weighted by Gasteiger charge is -2.22. The van der Waals surface area contributed by atoms with E-state index in [2.05, 4.69) is 47.7 Å². The zero-order valence-electron chi connectivity index (χ0n) is 7.01. The van der Waals surface area contributed by atoms with Crippen LogP contribution < -0.4 is 4.74 Å². The Kier molecular flexibility index (Phi) is 2.26. The van der Waals surface area contributed by atoms with Crippen LogP contribution in [0.15, 0.2) is 18.2 Å².